The third kappa shape index (κ3) is 4.67. The van der Waals surface area contributed by atoms with Gasteiger partial charge in [0.05, 0.1) is 12.2 Å². The number of amidine groups is 1. The first-order valence-corrected chi connectivity index (χ1v) is 7.52. The van der Waals surface area contributed by atoms with E-state index in [1.807, 2.05) is 30.1 Å². The standard InChI is InChI=1S/C17H22N4O2/c1-13(2)12-23-17-15(7-5-9-19-17)16(20-22)21(3)11-14-6-4-8-18-10-14/h4-10,13,22H,11-12H2,1-3H3/b20-16-. The summed E-state index contributed by atoms with van der Waals surface area (Å²) in [4.78, 5) is 10.2. The molecule has 0 fully saturated rings. The van der Waals surface area contributed by atoms with Crippen molar-refractivity contribution in [2.45, 2.75) is 20.4 Å². The van der Waals surface area contributed by atoms with Crippen LogP contribution in [-0.4, -0.2) is 39.6 Å². The van der Waals surface area contributed by atoms with E-state index in [4.69, 9.17) is 4.74 Å². The Labute approximate surface area is 136 Å². The van der Waals surface area contributed by atoms with Crippen molar-refractivity contribution in [3.05, 3.63) is 54.0 Å². The van der Waals surface area contributed by atoms with E-state index in [9.17, 15) is 5.21 Å². The lowest BCUT2D eigenvalue weighted by Gasteiger charge is -2.21. The van der Waals surface area contributed by atoms with Gasteiger partial charge in [0.1, 0.15) is 0 Å². The lowest BCUT2D eigenvalue weighted by atomic mass is 10.2. The van der Waals surface area contributed by atoms with Gasteiger partial charge in [0.2, 0.25) is 5.88 Å². The number of hydrogen-bond donors (Lipinski definition) is 1. The Balaban J connectivity index is 2.20. The van der Waals surface area contributed by atoms with Crippen molar-refractivity contribution in [3.8, 4) is 5.88 Å². The summed E-state index contributed by atoms with van der Waals surface area (Å²) in [7, 11) is 1.85. The van der Waals surface area contributed by atoms with E-state index in [1.54, 1.807) is 24.7 Å². The van der Waals surface area contributed by atoms with Crippen molar-refractivity contribution in [2.75, 3.05) is 13.7 Å². The summed E-state index contributed by atoms with van der Waals surface area (Å²) in [5.41, 5.74) is 1.67. The van der Waals surface area contributed by atoms with Crippen LogP contribution >= 0.6 is 0 Å². The maximum atomic E-state index is 9.48. The average molecular weight is 314 g/mol. The Hall–Kier alpha value is -2.63. The zero-order valence-electron chi connectivity index (χ0n) is 13.7. The minimum Gasteiger partial charge on any atom is -0.477 e. The van der Waals surface area contributed by atoms with Crippen molar-refractivity contribution in [1.29, 1.82) is 0 Å². The van der Waals surface area contributed by atoms with Crippen LogP contribution in [0.2, 0.25) is 0 Å². The van der Waals surface area contributed by atoms with Gasteiger partial charge in [-0.05, 0) is 29.7 Å². The van der Waals surface area contributed by atoms with Crippen molar-refractivity contribution < 1.29 is 9.94 Å². The number of oxime groups is 1. The van der Waals surface area contributed by atoms with Gasteiger partial charge in [-0.25, -0.2) is 4.98 Å². The van der Waals surface area contributed by atoms with Crippen LogP contribution in [0, 0.1) is 5.92 Å². The van der Waals surface area contributed by atoms with Gasteiger partial charge in [-0.15, -0.1) is 0 Å². The van der Waals surface area contributed by atoms with E-state index in [0.717, 1.165) is 5.56 Å². The summed E-state index contributed by atoms with van der Waals surface area (Å²) in [6, 6.07) is 7.47. The van der Waals surface area contributed by atoms with Crippen LogP contribution in [0.3, 0.4) is 0 Å². The maximum Gasteiger partial charge on any atom is 0.224 e. The van der Waals surface area contributed by atoms with E-state index in [1.165, 1.54) is 0 Å². The van der Waals surface area contributed by atoms with E-state index in [0.29, 0.717) is 36.3 Å². The molecule has 0 aliphatic rings. The molecule has 0 aliphatic heterocycles. The van der Waals surface area contributed by atoms with Crippen LogP contribution in [0.15, 0.2) is 48.0 Å². The minimum absolute atomic E-state index is 0.382. The molecule has 2 aromatic heterocycles. The van der Waals surface area contributed by atoms with Gasteiger partial charge in [-0.2, -0.15) is 0 Å². The second kappa shape index (κ2) is 8.12. The molecule has 0 spiro atoms. The number of hydrogen-bond acceptors (Lipinski definition) is 5. The third-order valence-corrected chi connectivity index (χ3v) is 3.16. The molecule has 0 aromatic carbocycles. The van der Waals surface area contributed by atoms with Crippen molar-refractivity contribution >= 4 is 5.84 Å². The predicted molar refractivity (Wildman–Crippen MR) is 88.6 cm³/mol. The zero-order chi connectivity index (χ0) is 16.7. The van der Waals surface area contributed by atoms with Crippen molar-refractivity contribution in [1.82, 2.24) is 14.9 Å². The molecule has 0 atom stereocenters. The highest BCUT2D eigenvalue weighted by Crippen LogP contribution is 2.19. The van der Waals surface area contributed by atoms with E-state index < -0.39 is 0 Å². The summed E-state index contributed by atoms with van der Waals surface area (Å²) < 4.78 is 5.74. The zero-order valence-corrected chi connectivity index (χ0v) is 13.7. The molecule has 0 aliphatic carbocycles. The molecule has 0 saturated carbocycles. The molecule has 0 amide bonds. The highest BCUT2D eigenvalue weighted by molar-refractivity contribution is 6.00. The Kier molecular flexibility index (Phi) is 5.91. The van der Waals surface area contributed by atoms with Crippen LogP contribution < -0.4 is 4.74 Å². The molecule has 2 rings (SSSR count). The number of aromatic nitrogens is 2. The Bertz CT molecular complexity index is 644. The van der Waals surface area contributed by atoms with Gasteiger partial charge in [0.15, 0.2) is 5.84 Å². The molecular weight excluding hydrogens is 292 g/mol. The summed E-state index contributed by atoms with van der Waals surface area (Å²) in [5.74, 6) is 1.25. The smallest absolute Gasteiger partial charge is 0.224 e. The van der Waals surface area contributed by atoms with Crippen LogP contribution in [0.4, 0.5) is 0 Å². The second-order valence-corrected chi connectivity index (χ2v) is 5.70. The topological polar surface area (TPSA) is 70.8 Å². The molecular formula is C17H22N4O2. The van der Waals surface area contributed by atoms with Gasteiger partial charge in [0.25, 0.3) is 0 Å². The Morgan fingerprint density at radius 1 is 1.30 bits per heavy atom. The summed E-state index contributed by atoms with van der Waals surface area (Å²) in [5, 5.41) is 12.9. The summed E-state index contributed by atoms with van der Waals surface area (Å²) in [6.07, 6.45) is 5.17. The Morgan fingerprint density at radius 2 is 2.09 bits per heavy atom. The fourth-order valence-electron chi connectivity index (χ4n) is 2.10. The van der Waals surface area contributed by atoms with Crippen molar-refractivity contribution in [3.63, 3.8) is 0 Å². The van der Waals surface area contributed by atoms with E-state index in [-0.39, 0.29) is 0 Å². The first-order valence-electron chi connectivity index (χ1n) is 7.52. The summed E-state index contributed by atoms with van der Waals surface area (Å²) >= 11 is 0. The second-order valence-electron chi connectivity index (χ2n) is 5.70. The number of ether oxygens (including phenoxy) is 1. The molecule has 2 aromatic rings. The van der Waals surface area contributed by atoms with Crippen LogP contribution in [0.1, 0.15) is 25.0 Å². The first kappa shape index (κ1) is 16.7. The Morgan fingerprint density at radius 3 is 2.74 bits per heavy atom. The van der Waals surface area contributed by atoms with Crippen molar-refractivity contribution in [2.24, 2.45) is 11.1 Å². The van der Waals surface area contributed by atoms with Gasteiger partial charge in [-0.3, -0.25) is 4.98 Å². The molecule has 0 radical (unpaired) electrons. The van der Waals surface area contributed by atoms with E-state index in [2.05, 4.69) is 29.0 Å². The van der Waals surface area contributed by atoms with Gasteiger partial charge in [0, 0.05) is 32.2 Å². The molecule has 122 valence electrons. The number of nitrogens with zero attached hydrogens (tertiary/aromatic N) is 4. The van der Waals surface area contributed by atoms with Gasteiger partial charge in [-0.1, -0.05) is 25.1 Å². The molecule has 23 heavy (non-hydrogen) atoms. The van der Waals surface area contributed by atoms with Crippen LogP contribution in [-0.2, 0) is 6.54 Å². The lowest BCUT2D eigenvalue weighted by Crippen LogP contribution is -2.28. The van der Waals surface area contributed by atoms with Gasteiger partial charge < -0.3 is 14.8 Å². The van der Waals surface area contributed by atoms with Crippen LogP contribution in [0.5, 0.6) is 5.88 Å². The fourth-order valence-corrected chi connectivity index (χ4v) is 2.10. The SMILES string of the molecule is CC(C)COc1ncccc1/C(=N/O)N(C)Cc1cccnc1. The highest BCUT2D eigenvalue weighted by Gasteiger charge is 2.17. The van der Waals surface area contributed by atoms with E-state index >= 15 is 0 Å². The average Bonchev–Trinajstić information content (AvgIpc) is 2.55. The molecule has 0 saturated heterocycles. The van der Waals surface area contributed by atoms with Crippen LogP contribution in [0.25, 0.3) is 0 Å². The highest BCUT2D eigenvalue weighted by atomic mass is 16.5. The molecule has 6 nitrogen and oxygen atoms in total. The molecule has 6 heteroatoms. The number of rotatable bonds is 6. The third-order valence-electron chi connectivity index (χ3n) is 3.16. The molecule has 1 N–H and O–H groups in total. The molecule has 0 unspecified atom stereocenters. The number of pyridine rings is 2. The normalized spacial score (nSPS) is 11.6. The largest absolute Gasteiger partial charge is 0.477 e. The predicted octanol–water partition coefficient (Wildman–Crippen LogP) is 2.78. The fraction of sp³-hybridized carbons (Fsp3) is 0.353. The lowest BCUT2D eigenvalue weighted by molar-refractivity contribution is 0.259. The molecule has 2 heterocycles. The van der Waals surface area contributed by atoms with Gasteiger partial charge >= 0.3 is 0 Å². The maximum absolute atomic E-state index is 9.48. The molecule has 0 bridgehead atoms. The minimum atomic E-state index is 0.382. The monoisotopic (exact) mass is 314 g/mol. The summed E-state index contributed by atoms with van der Waals surface area (Å²) in [6.45, 7) is 5.25. The quantitative estimate of drug-likeness (QED) is 0.384. The first-order chi connectivity index (χ1) is 11.1.